The van der Waals surface area contributed by atoms with Gasteiger partial charge in [0, 0.05) is 68.3 Å². The molecule has 0 spiro atoms. The van der Waals surface area contributed by atoms with Crippen molar-refractivity contribution in [1.29, 1.82) is 0 Å². The molecular weight excluding hydrogens is 559 g/mol. The van der Waals surface area contributed by atoms with Crippen LogP contribution in [0.3, 0.4) is 0 Å². The molecule has 9 nitrogen and oxygen atoms in total. The molecule has 1 aliphatic rings. The van der Waals surface area contributed by atoms with E-state index in [4.69, 9.17) is 11.5 Å². The van der Waals surface area contributed by atoms with Crippen LogP contribution in [0.1, 0.15) is 29.1 Å². The third-order valence-corrected chi connectivity index (χ3v) is 4.34. The van der Waals surface area contributed by atoms with Crippen molar-refractivity contribution in [3.63, 3.8) is 0 Å². The van der Waals surface area contributed by atoms with Crippen LogP contribution < -0.4 is 16.8 Å². The molecule has 1 aromatic rings. The number of rotatable bonds is 8. The quantitative estimate of drug-likeness (QED) is 0.139. The SMILES string of the molecule is NC(N)=NCCCC(NC(=O)C1CC(O)C[N-]1)C(=O)c1nccs1.[Ac]. The van der Waals surface area contributed by atoms with E-state index in [-0.39, 0.29) is 74.7 Å². The number of nitrogens with one attached hydrogen (secondary N) is 1. The summed E-state index contributed by atoms with van der Waals surface area (Å²) in [5, 5.41) is 18.3. The van der Waals surface area contributed by atoms with Crippen LogP contribution in [0.25, 0.3) is 5.32 Å². The Labute approximate surface area is 185 Å². The molecule has 0 saturated carbocycles. The fourth-order valence-corrected chi connectivity index (χ4v) is 3.01. The standard InChI is InChI=1S/C14H21N6O3S.Ac/c15-14(16)18-3-1-2-9(11(22)13-17-4-5-24-13)20-12(23)10-6-8(21)7-19-10;/h4-5,8-10,21H,1-3,6-7H2,(H,20,23)(H4,15,16,18);/q-1;. The monoisotopic (exact) mass is 580 g/mol. The van der Waals surface area contributed by atoms with Crippen LogP contribution in [-0.2, 0) is 4.79 Å². The molecule has 135 valence electrons. The summed E-state index contributed by atoms with van der Waals surface area (Å²) in [5.41, 5.74) is 10.5. The second-order valence-corrected chi connectivity index (χ2v) is 6.38. The van der Waals surface area contributed by atoms with Crippen molar-refractivity contribution in [3.05, 3.63) is 21.9 Å². The Morgan fingerprint density at radius 3 is 2.84 bits per heavy atom. The first-order valence-electron chi connectivity index (χ1n) is 7.61. The number of guanidine groups is 1. The van der Waals surface area contributed by atoms with Crippen LogP contribution in [0.2, 0.25) is 0 Å². The molecule has 6 N–H and O–H groups in total. The molecule has 1 saturated heterocycles. The molecule has 3 unspecified atom stereocenters. The molecule has 1 aliphatic heterocycles. The number of aromatic nitrogens is 1. The summed E-state index contributed by atoms with van der Waals surface area (Å²) in [6.07, 6.45) is 2.13. The second-order valence-electron chi connectivity index (χ2n) is 5.48. The molecule has 1 fully saturated rings. The van der Waals surface area contributed by atoms with E-state index in [1.807, 2.05) is 0 Å². The Kier molecular flexibility index (Phi) is 10.0. The maximum absolute atomic E-state index is 12.5. The van der Waals surface area contributed by atoms with Crippen molar-refractivity contribution >= 4 is 29.0 Å². The minimum atomic E-state index is -0.717. The van der Waals surface area contributed by atoms with Crippen LogP contribution in [0.4, 0.5) is 0 Å². The summed E-state index contributed by atoms with van der Waals surface area (Å²) in [7, 11) is 0. The molecule has 0 aromatic carbocycles. The van der Waals surface area contributed by atoms with Crippen molar-refractivity contribution in [2.45, 2.75) is 37.5 Å². The zero-order valence-corrected chi connectivity index (χ0v) is 19.2. The summed E-state index contributed by atoms with van der Waals surface area (Å²) in [6.45, 7) is 0.611. The molecule has 1 aromatic heterocycles. The number of aliphatic hydroxyl groups is 1. The maximum Gasteiger partial charge on any atom is 0.213 e. The first-order valence-corrected chi connectivity index (χ1v) is 8.49. The first-order chi connectivity index (χ1) is 11.5. The minimum Gasteiger partial charge on any atom is -0.650 e. The Hall–Kier alpha value is -0.598. The molecule has 11 heteroatoms. The number of amides is 1. The van der Waals surface area contributed by atoms with Crippen LogP contribution in [0.15, 0.2) is 16.6 Å². The van der Waals surface area contributed by atoms with E-state index in [9.17, 15) is 14.7 Å². The summed E-state index contributed by atoms with van der Waals surface area (Å²) in [5.74, 6) is -0.620. The Morgan fingerprint density at radius 2 is 2.28 bits per heavy atom. The number of carbonyl (C=O) groups is 2. The predicted octanol–water partition coefficient (Wildman–Crippen LogP) is -0.629. The number of nitrogens with zero attached hydrogens (tertiary/aromatic N) is 3. The number of ketones is 1. The Bertz CT molecular complexity index is 593. The average molecular weight is 580 g/mol. The van der Waals surface area contributed by atoms with Gasteiger partial charge in [0.05, 0.1) is 6.04 Å². The van der Waals surface area contributed by atoms with Crippen molar-refractivity contribution in [1.82, 2.24) is 10.3 Å². The first kappa shape index (κ1) is 22.4. The van der Waals surface area contributed by atoms with E-state index in [1.54, 1.807) is 11.6 Å². The van der Waals surface area contributed by atoms with Gasteiger partial charge in [-0.3, -0.25) is 14.6 Å². The van der Waals surface area contributed by atoms with Gasteiger partial charge >= 0.3 is 0 Å². The zero-order valence-electron chi connectivity index (χ0n) is 13.7. The number of carbonyl (C=O) groups excluding carboxylic acids is 2. The molecule has 1 radical (unpaired) electrons. The number of nitrogens with two attached hydrogens (primary N) is 2. The van der Waals surface area contributed by atoms with Crippen LogP contribution in [0.5, 0.6) is 0 Å². The largest absolute Gasteiger partial charge is 0.650 e. The number of hydrogen-bond acceptors (Lipinski definition) is 6. The number of thiazole rings is 1. The third kappa shape index (κ3) is 7.27. The van der Waals surface area contributed by atoms with E-state index in [0.717, 1.165) is 0 Å². The minimum absolute atomic E-state index is 0. The normalized spacial score (nSPS) is 20.4. The Morgan fingerprint density at radius 1 is 1.52 bits per heavy atom. The molecule has 25 heavy (non-hydrogen) atoms. The number of hydrogen-bond donors (Lipinski definition) is 4. The fraction of sp³-hybridized carbons (Fsp3) is 0.571. The van der Waals surface area contributed by atoms with E-state index >= 15 is 0 Å². The van der Waals surface area contributed by atoms with Crippen molar-refractivity contribution in [3.8, 4) is 0 Å². The van der Waals surface area contributed by atoms with E-state index in [0.29, 0.717) is 24.4 Å². The number of aliphatic hydroxyl groups excluding tert-OH is 1. The molecular formula is C14H21AcN6O3S-. The van der Waals surface area contributed by atoms with Gasteiger partial charge in [-0.1, -0.05) is 6.04 Å². The third-order valence-electron chi connectivity index (χ3n) is 3.56. The van der Waals surface area contributed by atoms with Gasteiger partial charge in [-0.25, -0.2) is 4.98 Å². The summed E-state index contributed by atoms with van der Waals surface area (Å²) < 4.78 is 0. The van der Waals surface area contributed by atoms with E-state index < -0.39 is 18.2 Å². The smallest absolute Gasteiger partial charge is 0.213 e. The van der Waals surface area contributed by atoms with E-state index in [1.165, 1.54) is 11.3 Å². The molecule has 2 heterocycles. The number of aliphatic imine (C=N–C) groups is 1. The van der Waals surface area contributed by atoms with Gasteiger partial charge in [0.2, 0.25) is 11.7 Å². The molecule has 3 atom stereocenters. The van der Waals surface area contributed by atoms with Crippen LogP contribution in [0, 0.1) is 44.1 Å². The predicted molar refractivity (Wildman–Crippen MR) is 90.9 cm³/mol. The summed E-state index contributed by atoms with van der Waals surface area (Å²) >= 11 is 1.22. The van der Waals surface area contributed by atoms with Gasteiger partial charge in [-0.05, 0) is 19.3 Å². The van der Waals surface area contributed by atoms with Crippen molar-refractivity contribution in [2.75, 3.05) is 13.1 Å². The van der Waals surface area contributed by atoms with E-state index in [2.05, 4.69) is 20.6 Å². The average Bonchev–Trinajstić information content (AvgIpc) is 3.20. The Balaban J connectivity index is 0.00000312. The van der Waals surface area contributed by atoms with Gasteiger partial charge in [0.15, 0.2) is 11.0 Å². The second kappa shape index (κ2) is 11.2. The summed E-state index contributed by atoms with van der Waals surface area (Å²) in [4.78, 5) is 32.6. The summed E-state index contributed by atoms with van der Waals surface area (Å²) in [6, 6.07) is -1.34. The molecule has 1 amide bonds. The van der Waals surface area contributed by atoms with Crippen LogP contribution >= 0.6 is 11.3 Å². The zero-order chi connectivity index (χ0) is 17.5. The van der Waals surface area contributed by atoms with Gasteiger partial charge in [-0.2, -0.15) is 0 Å². The van der Waals surface area contributed by atoms with Gasteiger partial charge in [0.25, 0.3) is 0 Å². The van der Waals surface area contributed by atoms with Gasteiger partial charge in [0.1, 0.15) is 0 Å². The number of Topliss-reactive ketones (excluding diaryl/α,β-unsaturated/α-hetero) is 1. The van der Waals surface area contributed by atoms with Gasteiger partial charge in [-0.15, -0.1) is 17.9 Å². The molecule has 0 aliphatic carbocycles. The topological polar surface area (TPSA) is 158 Å². The van der Waals surface area contributed by atoms with Gasteiger partial charge < -0.3 is 27.2 Å². The van der Waals surface area contributed by atoms with Crippen LogP contribution in [-0.4, -0.2) is 59.0 Å². The molecule has 0 bridgehead atoms. The fourth-order valence-electron chi connectivity index (χ4n) is 2.38. The van der Waals surface area contributed by atoms with Crippen molar-refractivity contribution < 1.29 is 58.8 Å². The van der Waals surface area contributed by atoms with Crippen molar-refractivity contribution in [2.24, 2.45) is 16.5 Å². The maximum atomic E-state index is 12.5. The molecule has 2 rings (SSSR count).